The van der Waals surface area contributed by atoms with E-state index in [1.165, 1.54) is 6.08 Å². The summed E-state index contributed by atoms with van der Waals surface area (Å²) in [5.41, 5.74) is 4.27. The van der Waals surface area contributed by atoms with Gasteiger partial charge in [-0.2, -0.15) is 5.10 Å². The second kappa shape index (κ2) is 32.8. The predicted molar refractivity (Wildman–Crippen MR) is 306 cm³/mol. The molecule has 0 spiro atoms. The molecule has 17 heteroatoms. The maximum absolute atomic E-state index is 13.3. The fourth-order valence-corrected chi connectivity index (χ4v) is 10.4. The molecule has 2 saturated carbocycles. The van der Waals surface area contributed by atoms with E-state index in [4.69, 9.17) is 48.0 Å². The first kappa shape index (κ1) is 61.2. The molecule has 1 heterocycles. The van der Waals surface area contributed by atoms with Crippen molar-refractivity contribution >= 4 is 62.7 Å². The van der Waals surface area contributed by atoms with Crippen LogP contribution in [-0.4, -0.2) is 93.8 Å². The highest BCUT2D eigenvalue weighted by atomic mass is 32.1. The van der Waals surface area contributed by atoms with Gasteiger partial charge < -0.3 is 37.9 Å². The van der Waals surface area contributed by atoms with Crippen LogP contribution in [0, 0.1) is 37.5 Å². The van der Waals surface area contributed by atoms with Crippen molar-refractivity contribution in [3.8, 4) is 23.0 Å². The Balaban J connectivity index is 1.04. The number of benzene rings is 3. The Hall–Kier alpha value is -7.01. The van der Waals surface area contributed by atoms with Gasteiger partial charge in [0.05, 0.1) is 74.5 Å². The van der Waals surface area contributed by atoms with Crippen LogP contribution in [0.2, 0.25) is 0 Å². The molecule has 0 atom stereocenters. The van der Waals surface area contributed by atoms with Crippen molar-refractivity contribution in [1.82, 2.24) is 4.98 Å². The number of nitrogens with zero attached hydrogens (tertiary/aromatic N) is 3. The fraction of sp³-hybridized carbons (Fsp3) is 0.500. The lowest BCUT2D eigenvalue weighted by Gasteiger charge is -2.28. The molecule has 0 unspecified atom stereocenters. The molecular weight excluding hydrogens is 1030 g/mol. The molecule has 0 N–H and O–H groups in total. The molecule has 79 heavy (non-hydrogen) atoms. The van der Waals surface area contributed by atoms with E-state index in [2.05, 4.69) is 45.7 Å². The zero-order valence-corrected chi connectivity index (χ0v) is 47.2. The Morgan fingerprint density at radius 3 is 1.84 bits per heavy atom. The number of hydrogen-bond acceptors (Lipinski definition) is 17. The third-order valence-corrected chi connectivity index (χ3v) is 15.2. The third-order valence-electron chi connectivity index (χ3n) is 14.0. The van der Waals surface area contributed by atoms with Gasteiger partial charge in [-0.1, -0.05) is 37.1 Å². The van der Waals surface area contributed by atoms with Gasteiger partial charge in [0.2, 0.25) is 5.13 Å². The number of thiazole rings is 1. The van der Waals surface area contributed by atoms with E-state index in [-0.39, 0.29) is 55.4 Å². The van der Waals surface area contributed by atoms with E-state index in [0.29, 0.717) is 113 Å². The van der Waals surface area contributed by atoms with Gasteiger partial charge in [0, 0.05) is 29.8 Å². The number of carbonyl (C=O) groups is 5. The summed E-state index contributed by atoms with van der Waals surface area (Å²) in [4.78, 5) is 65.7. The van der Waals surface area contributed by atoms with Gasteiger partial charge in [-0.3, -0.25) is 9.59 Å². The van der Waals surface area contributed by atoms with Gasteiger partial charge in [0.1, 0.15) is 23.0 Å². The summed E-state index contributed by atoms with van der Waals surface area (Å²) < 4.78 is 46.8. The number of fused-ring (bicyclic) bond motifs is 1. The molecule has 3 aromatic carbocycles. The van der Waals surface area contributed by atoms with Crippen molar-refractivity contribution in [3.63, 3.8) is 0 Å². The minimum atomic E-state index is -0.464. The van der Waals surface area contributed by atoms with Crippen molar-refractivity contribution in [2.24, 2.45) is 28.8 Å². The van der Waals surface area contributed by atoms with Crippen LogP contribution < -0.4 is 24.0 Å². The van der Waals surface area contributed by atoms with Crippen LogP contribution in [0.3, 0.4) is 0 Å². The summed E-state index contributed by atoms with van der Waals surface area (Å²) in [6.07, 6.45) is 16.3. The number of unbranched alkanes of at least 4 members (excludes halogenated alkanes) is 5. The van der Waals surface area contributed by atoms with Crippen LogP contribution in [0.4, 0.5) is 5.13 Å². The summed E-state index contributed by atoms with van der Waals surface area (Å²) in [6.45, 7) is 19.5. The summed E-state index contributed by atoms with van der Waals surface area (Å²) in [5.74, 6) is 0.945. The molecule has 426 valence electrons. The van der Waals surface area contributed by atoms with Gasteiger partial charge in [-0.25, -0.2) is 24.4 Å². The zero-order chi connectivity index (χ0) is 56.4. The number of ether oxygens (including phenoxy) is 8. The molecule has 0 radical (unpaired) electrons. The van der Waals surface area contributed by atoms with E-state index < -0.39 is 17.9 Å². The first-order valence-corrected chi connectivity index (χ1v) is 28.7. The first-order valence-electron chi connectivity index (χ1n) is 27.9. The summed E-state index contributed by atoms with van der Waals surface area (Å²) >= 11 is 1.58. The number of rotatable bonds is 33. The Morgan fingerprint density at radius 2 is 1.19 bits per heavy atom. The summed E-state index contributed by atoms with van der Waals surface area (Å²) in [7, 11) is 0. The normalized spacial score (nSPS) is 17.1. The topological polar surface area (TPSA) is 188 Å². The Kier molecular flexibility index (Phi) is 25.4. The Labute approximate surface area is 469 Å². The van der Waals surface area contributed by atoms with Crippen molar-refractivity contribution in [3.05, 3.63) is 109 Å². The minimum absolute atomic E-state index is 0.162. The quantitative estimate of drug-likeness (QED) is 0.00833. The highest BCUT2D eigenvalue weighted by Crippen LogP contribution is 2.35. The molecule has 16 nitrogen and oxygen atoms in total. The molecule has 0 bridgehead atoms. The minimum Gasteiger partial charge on any atom is -0.494 e. The molecule has 2 fully saturated rings. The average Bonchev–Trinajstić information content (AvgIpc) is 3.98. The second-order valence-corrected chi connectivity index (χ2v) is 21.4. The van der Waals surface area contributed by atoms with Crippen LogP contribution in [0.1, 0.15) is 126 Å². The lowest BCUT2D eigenvalue weighted by Crippen LogP contribution is -2.27. The molecule has 1 aromatic heterocycles. The van der Waals surface area contributed by atoms with Gasteiger partial charge >= 0.3 is 29.8 Å². The van der Waals surface area contributed by atoms with Crippen LogP contribution in [0.15, 0.2) is 97.2 Å². The Bertz CT molecular complexity index is 2680. The maximum atomic E-state index is 13.3. The lowest BCUT2D eigenvalue weighted by atomic mass is 9.82. The number of hydrazone groups is 1. The van der Waals surface area contributed by atoms with Gasteiger partial charge in [-0.05, 0) is 195 Å². The number of esters is 5. The highest BCUT2D eigenvalue weighted by Gasteiger charge is 2.30. The van der Waals surface area contributed by atoms with E-state index in [0.717, 1.165) is 89.5 Å². The molecule has 2 aliphatic rings. The van der Waals surface area contributed by atoms with Crippen LogP contribution >= 0.6 is 11.3 Å². The molecule has 4 aromatic rings. The number of anilines is 1. The van der Waals surface area contributed by atoms with Crippen LogP contribution in [-0.2, 0) is 42.9 Å². The first-order chi connectivity index (χ1) is 38.3. The number of aryl methyl sites for hydroxylation is 2. The van der Waals surface area contributed by atoms with Gasteiger partial charge in [0.25, 0.3) is 0 Å². The maximum Gasteiger partial charge on any atom is 0.333 e. The number of aromatic nitrogens is 1. The van der Waals surface area contributed by atoms with E-state index in [1.807, 2.05) is 35.3 Å². The summed E-state index contributed by atoms with van der Waals surface area (Å²) in [5, 5.41) is 7.68. The molecule has 0 aliphatic heterocycles. The predicted octanol–water partition coefficient (Wildman–Crippen LogP) is 12.4. The molecule has 0 saturated heterocycles. The van der Waals surface area contributed by atoms with Gasteiger partial charge in [-0.15, -0.1) is 0 Å². The monoisotopic (exact) mass is 1110 g/mol. The van der Waals surface area contributed by atoms with Gasteiger partial charge in [0.15, 0.2) is 0 Å². The SMILES string of the molecule is C=CC(=O)OCCCCCCOc1ccc(OC(=O)C2CCC(COc3ccc(OCC4CCC(C(=O)OCCCCOC(=O)C=C)CC4)c(/C=N/N(CCCCOC(=O)C(=C)C)c4nc5cc(C)cc(C)c5s4)c3)CC2)cc1. The van der Waals surface area contributed by atoms with Crippen molar-refractivity contribution in [2.75, 3.05) is 57.8 Å². The standard InChI is InChI=1S/C62H79N3O13S/c1-7-56(66)72-33-13-10-9-12-32-71-51-25-27-52(28-26-51)78-61(70)49-23-19-46(20-24-49)41-76-53-29-30-55(77-42-47-17-21-48(22-18-47)60(69)75-36-16-15-34-73-57(67)8-2)50(39-53)40-63-65(31-11-14-35-74-59(68)43(3)4)62-64-54-38-44(5)37-45(6)58(54)79-62/h7-8,25-30,37-40,46-49H,1-3,9-24,31-36,41-42H2,4-6H3/b63-40+. The zero-order valence-electron chi connectivity index (χ0n) is 46.4. The smallest absolute Gasteiger partial charge is 0.333 e. The van der Waals surface area contributed by atoms with Crippen LogP contribution in [0.25, 0.3) is 10.2 Å². The van der Waals surface area contributed by atoms with E-state index in [1.54, 1.807) is 36.6 Å². The highest BCUT2D eigenvalue weighted by molar-refractivity contribution is 7.22. The fourth-order valence-electron chi connectivity index (χ4n) is 9.37. The molecule has 2 aliphatic carbocycles. The van der Waals surface area contributed by atoms with E-state index in [9.17, 15) is 24.0 Å². The average molecular weight is 1110 g/mol. The molecule has 6 rings (SSSR count). The van der Waals surface area contributed by atoms with Crippen molar-refractivity contribution < 1.29 is 61.9 Å². The molecular formula is C62H79N3O13S. The Morgan fingerprint density at radius 1 is 0.633 bits per heavy atom. The third kappa shape index (κ3) is 21.0. The largest absolute Gasteiger partial charge is 0.494 e. The lowest BCUT2D eigenvalue weighted by molar-refractivity contribution is -0.150. The molecule has 0 amide bonds. The van der Waals surface area contributed by atoms with Crippen LogP contribution in [0.5, 0.6) is 23.0 Å². The number of hydrogen-bond donors (Lipinski definition) is 0. The van der Waals surface area contributed by atoms with Crippen molar-refractivity contribution in [2.45, 2.75) is 124 Å². The summed E-state index contributed by atoms with van der Waals surface area (Å²) in [6, 6.07) is 17.2. The van der Waals surface area contributed by atoms with Crippen molar-refractivity contribution in [1.29, 1.82) is 0 Å². The number of carbonyl (C=O) groups excluding carboxylic acids is 5. The second-order valence-electron chi connectivity index (χ2n) is 20.4. The van der Waals surface area contributed by atoms with E-state index >= 15 is 0 Å².